The van der Waals surface area contributed by atoms with E-state index in [1.54, 1.807) is 12.0 Å². The summed E-state index contributed by atoms with van der Waals surface area (Å²) in [5.74, 6) is 1.04. The van der Waals surface area contributed by atoms with E-state index in [1.165, 1.54) is 0 Å². The number of rotatable bonds is 7. The molecule has 8 heteroatoms. The summed E-state index contributed by atoms with van der Waals surface area (Å²) in [7, 11) is 1.58. The molecule has 0 radical (unpaired) electrons. The van der Waals surface area contributed by atoms with Crippen molar-refractivity contribution >= 4 is 23.3 Å². The molecule has 2 aromatic rings. The van der Waals surface area contributed by atoms with Gasteiger partial charge in [0.1, 0.15) is 11.6 Å². The van der Waals surface area contributed by atoms with Gasteiger partial charge in [0.25, 0.3) is 0 Å². The number of hydrogen-bond donors (Lipinski definition) is 1. The molecule has 2 amide bonds. The van der Waals surface area contributed by atoms with Crippen molar-refractivity contribution in [2.24, 2.45) is 5.92 Å². The van der Waals surface area contributed by atoms with Crippen LogP contribution in [0.4, 0.5) is 11.5 Å². The van der Waals surface area contributed by atoms with E-state index in [-0.39, 0.29) is 24.2 Å². The number of piperazine rings is 1. The molecule has 1 unspecified atom stereocenters. The summed E-state index contributed by atoms with van der Waals surface area (Å²) < 4.78 is 5.36. The van der Waals surface area contributed by atoms with Crippen LogP contribution in [0.15, 0.2) is 42.6 Å². The van der Waals surface area contributed by atoms with Gasteiger partial charge >= 0.3 is 0 Å². The summed E-state index contributed by atoms with van der Waals surface area (Å²) in [5, 5.41) is 2.97. The van der Waals surface area contributed by atoms with Crippen LogP contribution in [-0.2, 0) is 16.1 Å². The quantitative estimate of drug-likeness (QED) is 0.713. The van der Waals surface area contributed by atoms with Gasteiger partial charge in [-0.25, -0.2) is 4.98 Å². The summed E-state index contributed by atoms with van der Waals surface area (Å²) in [5.41, 5.74) is 1.65. The number of ether oxygens (including phenoxy) is 1. The van der Waals surface area contributed by atoms with Gasteiger partial charge < -0.3 is 24.8 Å². The Hall–Kier alpha value is -3.13. The third-order valence-electron chi connectivity index (χ3n) is 6.29. The van der Waals surface area contributed by atoms with Crippen molar-refractivity contribution in [2.45, 2.75) is 19.9 Å². The number of aromatic nitrogens is 1. The molecule has 2 fully saturated rings. The van der Waals surface area contributed by atoms with Gasteiger partial charge in [-0.05, 0) is 30.3 Å². The van der Waals surface area contributed by atoms with E-state index in [4.69, 9.17) is 4.74 Å². The van der Waals surface area contributed by atoms with Crippen molar-refractivity contribution in [3.05, 3.63) is 48.2 Å². The number of carbonyl (C=O) groups excluding carboxylic acids is 2. The number of benzene rings is 1. The molecule has 0 spiro atoms. The lowest BCUT2D eigenvalue weighted by molar-refractivity contribution is -0.126. The molecular formula is C24H31N5O3. The molecule has 3 heterocycles. The van der Waals surface area contributed by atoms with Crippen molar-refractivity contribution < 1.29 is 14.3 Å². The topological polar surface area (TPSA) is 78.0 Å². The van der Waals surface area contributed by atoms with Crippen molar-refractivity contribution in [1.29, 1.82) is 0 Å². The van der Waals surface area contributed by atoms with Crippen LogP contribution < -0.4 is 19.9 Å². The highest BCUT2D eigenvalue weighted by atomic mass is 16.5. The van der Waals surface area contributed by atoms with E-state index in [9.17, 15) is 9.59 Å². The SMILES string of the molecule is CCN1CCN(c2ccc(CNC(=O)C3CC(=O)N(c4ccccc4OC)C3)cn2)CC1. The molecule has 1 aromatic carbocycles. The van der Waals surface area contributed by atoms with Crippen LogP contribution in [0.1, 0.15) is 18.9 Å². The fourth-order valence-electron chi connectivity index (χ4n) is 4.30. The maximum atomic E-state index is 12.7. The summed E-state index contributed by atoms with van der Waals surface area (Å²) >= 11 is 0. The number of methoxy groups -OCH3 is 1. The number of carbonyl (C=O) groups is 2. The largest absolute Gasteiger partial charge is 0.495 e. The first-order valence-corrected chi connectivity index (χ1v) is 11.2. The molecule has 4 rings (SSSR count). The standard InChI is InChI=1S/C24H31N5O3/c1-3-27-10-12-28(13-11-27)22-9-8-18(15-25-22)16-26-24(31)19-14-23(30)29(17-19)20-6-4-5-7-21(20)32-2/h4-9,15,19H,3,10-14,16-17H2,1-2H3,(H,26,31). The monoisotopic (exact) mass is 437 g/mol. The minimum Gasteiger partial charge on any atom is -0.495 e. The van der Waals surface area contributed by atoms with Crippen LogP contribution in [-0.4, -0.2) is 68.1 Å². The molecular weight excluding hydrogens is 406 g/mol. The molecule has 0 bridgehead atoms. The van der Waals surface area contributed by atoms with E-state index >= 15 is 0 Å². The van der Waals surface area contributed by atoms with E-state index in [1.807, 2.05) is 42.6 Å². The van der Waals surface area contributed by atoms with Gasteiger partial charge in [-0.15, -0.1) is 0 Å². The molecule has 2 aliphatic heterocycles. The van der Waals surface area contributed by atoms with Crippen LogP contribution in [0, 0.1) is 5.92 Å². The van der Waals surface area contributed by atoms with Crippen LogP contribution >= 0.6 is 0 Å². The first kappa shape index (κ1) is 22.1. The molecule has 8 nitrogen and oxygen atoms in total. The molecule has 2 saturated heterocycles. The first-order valence-electron chi connectivity index (χ1n) is 11.2. The highest BCUT2D eigenvalue weighted by Crippen LogP contribution is 2.32. The Labute approximate surface area is 189 Å². The van der Waals surface area contributed by atoms with Gasteiger partial charge in [0.2, 0.25) is 11.8 Å². The molecule has 1 aromatic heterocycles. The van der Waals surface area contributed by atoms with Gasteiger partial charge in [-0.1, -0.05) is 25.1 Å². The fraction of sp³-hybridized carbons (Fsp3) is 0.458. The Morgan fingerprint density at radius 1 is 1.16 bits per heavy atom. The van der Waals surface area contributed by atoms with Crippen molar-refractivity contribution in [3.63, 3.8) is 0 Å². The molecule has 170 valence electrons. The summed E-state index contributed by atoms with van der Waals surface area (Å²) in [6.45, 7) is 8.10. The van der Waals surface area contributed by atoms with Crippen LogP contribution in [0.25, 0.3) is 0 Å². The average Bonchev–Trinajstić information content (AvgIpc) is 3.24. The maximum absolute atomic E-state index is 12.7. The minimum absolute atomic E-state index is 0.0659. The predicted octanol–water partition coefficient (Wildman–Crippen LogP) is 1.90. The first-order chi connectivity index (χ1) is 15.6. The Bertz CT molecular complexity index is 941. The third kappa shape index (κ3) is 4.85. The smallest absolute Gasteiger partial charge is 0.227 e. The van der Waals surface area contributed by atoms with Crippen LogP contribution in [0.2, 0.25) is 0 Å². The van der Waals surface area contributed by atoms with E-state index < -0.39 is 0 Å². The number of amides is 2. The second kappa shape index (κ2) is 9.99. The Balaban J connectivity index is 1.30. The molecule has 2 aliphatic rings. The van der Waals surface area contributed by atoms with Crippen LogP contribution in [0.5, 0.6) is 5.75 Å². The van der Waals surface area contributed by atoms with E-state index in [0.717, 1.165) is 44.1 Å². The zero-order valence-electron chi connectivity index (χ0n) is 18.8. The van der Waals surface area contributed by atoms with E-state index in [2.05, 4.69) is 27.0 Å². The van der Waals surface area contributed by atoms with E-state index in [0.29, 0.717) is 24.5 Å². The maximum Gasteiger partial charge on any atom is 0.227 e. The molecule has 1 N–H and O–H groups in total. The number of likely N-dealkylation sites (N-methyl/N-ethyl adjacent to an activating group) is 1. The minimum atomic E-state index is -0.380. The van der Waals surface area contributed by atoms with Gasteiger partial charge in [-0.2, -0.15) is 0 Å². The number of hydrogen-bond acceptors (Lipinski definition) is 6. The third-order valence-corrected chi connectivity index (χ3v) is 6.29. The average molecular weight is 438 g/mol. The molecule has 32 heavy (non-hydrogen) atoms. The summed E-state index contributed by atoms with van der Waals surface area (Å²) in [6.07, 6.45) is 2.02. The van der Waals surface area contributed by atoms with Crippen molar-refractivity contribution in [3.8, 4) is 5.75 Å². The summed E-state index contributed by atoms with van der Waals surface area (Å²) in [6, 6.07) is 11.4. The Morgan fingerprint density at radius 2 is 1.94 bits per heavy atom. The lowest BCUT2D eigenvalue weighted by atomic mass is 10.1. The van der Waals surface area contributed by atoms with Crippen LogP contribution in [0.3, 0.4) is 0 Å². The van der Waals surface area contributed by atoms with Gasteiger partial charge in [0.05, 0.1) is 18.7 Å². The Morgan fingerprint density at radius 3 is 2.62 bits per heavy atom. The van der Waals surface area contributed by atoms with Gasteiger partial charge in [-0.3, -0.25) is 9.59 Å². The second-order valence-electron chi connectivity index (χ2n) is 8.24. The number of nitrogens with zero attached hydrogens (tertiary/aromatic N) is 4. The predicted molar refractivity (Wildman–Crippen MR) is 124 cm³/mol. The number of para-hydroxylation sites is 2. The molecule has 1 atom stereocenters. The number of anilines is 2. The van der Waals surface area contributed by atoms with Gasteiger partial charge in [0, 0.05) is 51.9 Å². The van der Waals surface area contributed by atoms with Gasteiger partial charge in [0.15, 0.2) is 0 Å². The molecule has 0 aliphatic carbocycles. The zero-order chi connectivity index (χ0) is 22.5. The lowest BCUT2D eigenvalue weighted by Gasteiger charge is -2.34. The van der Waals surface area contributed by atoms with Crippen molar-refractivity contribution in [1.82, 2.24) is 15.2 Å². The Kier molecular flexibility index (Phi) is 6.90. The lowest BCUT2D eigenvalue weighted by Crippen LogP contribution is -2.46. The highest BCUT2D eigenvalue weighted by Gasteiger charge is 2.36. The number of pyridine rings is 1. The highest BCUT2D eigenvalue weighted by molar-refractivity contribution is 6.01. The second-order valence-corrected chi connectivity index (χ2v) is 8.24. The number of nitrogens with one attached hydrogen (secondary N) is 1. The molecule has 0 saturated carbocycles. The summed E-state index contributed by atoms with van der Waals surface area (Å²) in [4.78, 5) is 36.2. The normalized spacial score (nSPS) is 19.3. The fourth-order valence-corrected chi connectivity index (χ4v) is 4.30. The van der Waals surface area contributed by atoms with Crippen molar-refractivity contribution in [2.75, 3.05) is 56.2 Å². The zero-order valence-corrected chi connectivity index (χ0v) is 18.8.